The fraction of sp³-hybridized carbons (Fsp3) is 0.347. The summed E-state index contributed by atoms with van der Waals surface area (Å²) < 4.78 is 27.7. The number of carbonyl (C=O) groups excluding carboxylic acids is 4. The summed E-state index contributed by atoms with van der Waals surface area (Å²) in [5.74, 6) is -1.24. The maximum absolute atomic E-state index is 12.9. The van der Waals surface area contributed by atoms with Crippen molar-refractivity contribution in [2.75, 3.05) is 51.3 Å². The molecule has 0 aliphatic carbocycles. The van der Waals surface area contributed by atoms with Gasteiger partial charge in [0.1, 0.15) is 67.4 Å². The quantitative estimate of drug-likeness (QED) is 0.103. The van der Waals surface area contributed by atoms with Gasteiger partial charge >= 0.3 is 5.97 Å². The fourth-order valence-electron chi connectivity index (χ4n) is 7.27. The molecule has 4 aromatic carbocycles. The van der Waals surface area contributed by atoms with Gasteiger partial charge in [-0.2, -0.15) is 0 Å². The molecule has 2 amide bonds. The third-order valence-corrected chi connectivity index (χ3v) is 12.6. The van der Waals surface area contributed by atoms with Crippen molar-refractivity contribution < 1.29 is 68.4 Å². The van der Waals surface area contributed by atoms with E-state index >= 15 is 0 Å². The summed E-state index contributed by atoms with van der Waals surface area (Å²) in [6.07, 6.45) is -4.87. The predicted octanol–water partition coefficient (Wildman–Crippen LogP) is 4.11. The molecule has 1 saturated heterocycles. The smallest absolute Gasteiger partial charge is 0.338 e. The highest BCUT2D eigenvalue weighted by Crippen LogP contribution is 2.33. The average molecular weight is 1110 g/mol. The lowest BCUT2D eigenvalue weighted by atomic mass is 9.93. The minimum absolute atomic E-state index is 0. The first-order valence-electron chi connectivity index (χ1n) is 21.3. The molecule has 7 N–H and O–H groups in total. The van der Waals surface area contributed by atoms with Crippen LogP contribution in [0.1, 0.15) is 17.5 Å². The molecule has 3 aliphatic heterocycles. The van der Waals surface area contributed by atoms with Crippen LogP contribution in [-0.4, -0.2) is 146 Å². The van der Waals surface area contributed by atoms with E-state index in [1.807, 2.05) is 66.7 Å². The van der Waals surface area contributed by atoms with E-state index in [1.54, 1.807) is 56.6 Å². The van der Waals surface area contributed by atoms with E-state index in [4.69, 9.17) is 29.4 Å². The maximum atomic E-state index is 12.9. The summed E-state index contributed by atoms with van der Waals surface area (Å²) in [4.78, 5) is 51.9. The van der Waals surface area contributed by atoms with Gasteiger partial charge in [-0.3, -0.25) is 14.4 Å². The Morgan fingerprint density at radius 3 is 1.77 bits per heavy atom. The number of anilines is 2. The number of para-hydroxylation sites is 4. The Balaban J connectivity index is 0.000000249. The lowest BCUT2D eigenvalue weighted by Crippen LogP contribution is -2.49. The topological polar surface area (TPSA) is 248 Å². The molecule has 4 aromatic rings. The number of esters is 1. The molecule has 0 radical (unpaired) electrons. The number of cyclic esters (lactones) is 1. The SMILES string of the molecule is CN1C(=O)[C@@H](N)COc2ccccc21.CO[C@@H](C(=O)C[C@H]1COc2ccccc2N(C)C1=O)[C@H](O)[C@@H](O)[C@H](O)/C=C/c1ccccc1Br.CO[C@H]1C(=O)O[C@@H]([C@H](O)/C=C/c2ccccc2Br)[C@H]1O.Cl. The highest BCUT2D eigenvalue weighted by molar-refractivity contribution is 9.10. The maximum Gasteiger partial charge on any atom is 0.338 e. The lowest BCUT2D eigenvalue weighted by molar-refractivity contribution is -0.150. The number of methoxy groups -OCH3 is 2. The van der Waals surface area contributed by atoms with Crippen molar-refractivity contribution >= 4 is 91.4 Å². The van der Waals surface area contributed by atoms with Crippen LogP contribution in [0.15, 0.2) is 118 Å². The van der Waals surface area contributed by atoms with Crippen molar-refractivity contribution in [1.29, 1.82) is 0 Å². The third kappa shape index (κ3) is 14.5. The van der Waals surface area contributed by atoms with E-state index in [2.05, 4.69) is 31.9 Å². The molecule has 0 aromatic heterocycles. The zero-order chi connectivity index (χ0) is 49.7. The Bertz CT molecular complexity index is 2430. The molecule has 0 unspecified atom stereocenters. The molecule has 69 heavy (non-hydrogen) atoms. The van der Waals surface area contributed by atoms with Crippen molar-refractivity contribution in [3.8, 4) is 11.5 Å². The molecule has 7 rings (SSSR count). The highest BCUT2D eigenvalue weighted by Gasteiger charge is 2.47. The van der Waals surface area contributed by atoms with Gasteiger partial charge in [-0.05, 0) is 47.5 Å². The number of aliphatic hydroxyl groups is 5. The molecular formula is C49H56Br2ClN3O14. The first kappa shape index (κ1) is 56.6. The van der Waals surface area contributed by atoms with Gasteiger partial charge in [0.2, 0.25) is 11.8 Å². The number of likely N-dealkylation sites (N-methyl/N-ethyl adjacent to an activating group) is 1. The Kier molecular flexibility index (Phi) is 22.0. The molecule has 0 bridgehead atoms. The van der Waals surface area contributed by atoms with Crippen LogP contribution in [0.5, 0.6) is 11.5 Å². The van der Waals surface area contributed by atoms with Gasteiger partial charge in [0.05, 0.1) is 17.3 Å². The summed E-state index contributed by atoms with van der Waals surface area (Å²) in [7, 11) is 5.83. The first-order chi connectivity index (χ1) is 32.5. The summed E-state index contributed by atoms with van der Waals surface area (Å²) >= 11 is 6.77. The number of nitrogens with two attached hydrogens (primary N) is 1. The molecule has 0 spiro atoms. The Hall–Kier alpha value is -5.03. The number of ether oxygens (including phenoxy) is 5. The molecule has 10 atom stereocenters. The van der Waals surface area contributed by atoms with Crippen molar-refractivity contribution in [3.63, 3.8) is 0 Å². The number of rotatable bonds is 13. The van der Waals surface area contributed by atoms with Crippen LogP contribution in [0.2, 0.25) is 0 Å². The molecule has 20 heteroatoms. The van der Waals surface area contributed by atoms with E-state index < -0.39 is 72.5 Å². The van der Waals surface area contributed by atoms with E-state index in [1.165, 1.54) is 36.2 Å². The zero-order valence-corrected chi connectivity index (χ0v) is 42.0. The molecule has 3 aliphatic rings. The van der Waals surface area contributed by atoms with Crippen molar-refractivity contribution in [1.82, 2.24) is 0 Å². The number of hydrogen-bond donors (Lipinski definition) is 6. The number of fused-ring (bicyclic) bond motifs is 2. The van der Waals surface area contributed by atoms with Crippen molar-refractivity contribution in [2.24, 2.45) is 11.7 Å². The van der Waals surface area contributed by atoms with Crippen LogP contribution in [-0.2, 0) is 33.4 Å². The van der Waals surface area contributed by atoms with Crippen LogP contribution in [0, 0.1) is 5.92 Å². The minimum Gasteiger partial charge on any atom is -0.491 e. The molecule has 372 valence electrons. The molecular weight excluding hydrogens is 1050 g/mol. The molecule has 3 heterocycles. The number of amides is 2. The molecule has 17 nitrogen and oxygen atoms in total. The second-order valence-electron chi connectivity index (χ2n) is 15.8. The van der Waals surface area contributed by atoms with Crippen LogP contribution in [0.25, 0.3) is 12.2 Å². The van der Waals surface area contributed by atoms with Crippen molar-refractivity contribution in [2.45, 2.75) is 61.3 Å². The Labute approximate surface area is 422 Å². The number of nitrogens with zero attached hydrogens (tertiary/aromatic N) is 2. The van der Waals surface area contributed by atoms with Crippen LogP contribution in [0.4, 0.5) is 11.4 Å². The Morgan fingerprint density at radius 1 is 0.754 bits per heavy atom. The number of carbonyl (C=O) groups is 4. The van der Waals surface area contributed by atoms with Crippen LogP contribution < -0.4 is 25.0 Å². The zero-order valence-electron chi connectivity index (χ0n) is 38.0. The van der Waals surface area contributed by atoms with E-state index in [0.717, 1.165) is 25.8 Å². The average Bonchev–Trinajstić information content (AvgIpc) is 3.52. The van der Waals surface area contributed by atoms with Crippen LogP contribution in [0.3, 0.4) is 0 Å². The minimum atomic E-state index is -1.71. The third-order valence-electron chi connectivity index (χ3n) is 11.1. The van der Waals surface area contributed by atoms with Gasteiger partial charge in [-0.15, -0.1) is 12.4 Å². The number of ketones is 1. The predicted molar refractivity (Wildman–Crippen MR) is 267 cm³/mol. The van der Waals surface area contributed by atoms with E-state index in [-0.39, 0.29) is 43.9 Å². The lowest BCUT2D eigenvalue weighted by Gasteiger charge is -2.28. The summed E-state index contributed by atoms with van der Waals surface area (Å²) in [6.45, 7) is 0.221. The fourth-order valence-corrected chi connectivity index (χ4v) is 8.11. The molecule has 0 saturated carbocycles. The van der Waals surface area contributed by atoms with E-state index in [0.29, 0.717) is 17.2 Å². The highest BCUT2D eigenvalue weighted by atomic mass is 79.9. The summed E-state index contributed by atoms with van der Waals surface area (Å²) in [5.41, 5.74) is 8.63. The summed E-state index contributed by atoms with van der Waals surface area (Å²) in [6, 6.07) is 28.6. The second-order valence-corrected chi connectivity index (χ2v) is 17.5. The summed E-state index contributed by atoms with van der Waals surface area (Å²) in [5, 5.41) is 51.3. The van der Waals surface area contributed by atoms with Gasteiger partial charge < -0.3 is 64.8 Å². The van der Waals surface area contributed by atoms with Crippen molar-refractivity contribution in [3.05, 3.63) is 129 Å². The number of halogens is 3. The Morgan fingerprint density at radius 2 is 1.25 bits per heavy atom. The van der Waals surface area contributed by atoms with Crippen LogP contribution >= 0.6 is 44.3 Å². The van der Waals surface area contributed by atoms with E-state index in [9.17, 15) is 44.7 Å². The second kappa shape index (κ2) is 26.8. The number of benzene rings is 4. The van der Waals surface area contributed by atoms with Gasteiger partial charge in [0, 0.05) is 43.7 Å². The van der Waals surface area contributed by atoms with Gasteiger partial charge in [-0.1, -0.05) is 117 Å². The first-order valence-corrected chi connectivity index (χ1v) is 22.9. The number of Topliss-reactive ketones (excluding diaryl/α,β-unsaturated/α-hetero) is 1. The normalized spacial score (nSPS) is 22.0. The largest absolute Gasteiger partial charge is 0.491 e. The van der Waals surface area contributed by atoms with Gasteiger partial charge in [0.25, 0.3) is 0 Å². The standard InChI is InChI=1S/C25H28BrNO7.C14H15BrO5.C10H12N2O2.ClH/c1-27-18-9-5-6-10-21(18)34-14-16(25(27)32)13-20(29)24(33-2)23(31)22(30)19(28)12-11-15-7-3-4-8-17(15)26;1-19-13-11(17)12(20-14(13)18)10(16)7-6-8-4-2-3-5-9(8)15;1-12-8-4-2-3-5-9(8)14-6-7(11)10(12)13;/h3-12,16,19,22-24,28,30-31H,13-14H2,1-2H3;2-7,10-13,16-17H,1H3;2-5,7H,6,11H2,1H3;1H/b12-11+;7-6+;;/t16-,19+,22-,23+,24-;10-,11-,12+,13-;7-;/m010./s1. The molecule has 1 fully saturated rings. The van der Waals surface area contributed by atoms with Gasteiger partial charge in [-0.25, -0.2) is 4.79 Å². The monoisotopic (exact) mass is 1100 g/mol. The number of hydrogen-bond acceptors (Lipinski definition) is 15. The number of aliphatic hydroxyl groups excluding tert-OH is 5. The van der Waals surface area contributed by atoms with Gasteiger partial charge in [0.15, 0.2) is 18.0 Å².